The van der Waals surface area contributed by atoms with Gasteiger partial charge >= 0.3 is 0 Å². The van der Waals surface area contributed by atoms with Crippen LogP contribution in [0, 0.1) is 5.82 Å². The van der Waals surface area contributed by atoms with Crippen LogP contribution in [0.2, 0.25) is 0 Å². The average molecular weight is 466 g/mol. The molecule has 1 heterocycles. The van der Waals surface area contributed by atoms with E-state index >= 15 is 0 Å². The molecule has 0 radical (unpaired) electrons. The van der Waals surface area contributed by atoms with Crippen molar-refractivity contribution in [1.29, 1.82) is 0 Å². The molecule has 0 saturated carbocycles. The molecule has 172 valence electrons. The van der Waals surface area contributed by atoms with Gasteiger partial charge in [-0.2, -0.15) is 0 Å². The number of nitrogens with one attached hydrogen (secondary N) is 3. The van der Waals surface area contributed by atoms with E-state index in [1.54, 1.807) is 0 Å². The normalized spacial score (nSPS) is 16.9. The minimum atomic E-state index is -3.73. The fourth-order valence-electron chi connectivity index (χ4n) is 2.94. The van der Waals surface area contributed by atoms with Gasteiger partial charge in [-0.25, -0.2) is 17.5 Å². The van der Waals surface area contributed by atoms with E-state index < -0.39 is 33.8 Å². The lowest BCUT2D eigenvalue weighted by Gasteiger charge is -2.15. The number of ether oxygens (including phenoxy) is 2. The number of benzene rings is 2. The third-order valence-electron chi connectivity index (χ3n) is 4.75. The Kier molecular flexibility index (Phi) is 7.78. The molecule has 1 saturated heterocycles. The number of hydrogen-bond acceptors (Lipinski definition) is 6. The molecule has 2 amide bonds. The maximum atomic E-state index is 12.9. The molecular weight excluding hydrogens is 441 g/mol. The summed E-state index contributed by atoms with van der Waals surface area (Å²) in [6.07, 6.45) is 0.626. The molecule has 0 aliphatic carbocycles. The van der Waals surface area contributed by atoms with Crippen LogP contribution in [0.1, 0.15) is 30.1 Å². The first-order valence-corrected chi connectivity index (χ1v) is 11.5. The zero-order valence-corrected chi connectivity index (χ0v) is 18.2. The van der Waals surface area contributed by atoms with Gasteiger partial charge in [-0.05, 0) is 68.3 Å². The standard InChI is InChI=1S/C21H24FN3O6S/c1-14(31-17-8-6-16(22)7-9-17)20(26)24-25-21(27)15-4-10-19(11-5-15)32(28,29)23-13-18-3-2-12-30-18/h4-11,14,18,23H,2-3,12-13H2,1H3,(H,24,26)(H,25,27). The van der Waals surface area contributed by atoms with Crippen molar-refractivity contribution in [3.05, 3.63) is 59.9 Å². The van der Waals surface area contributed by atoms with E-state index in [0.29, 0.717) is 12.4 Å². The second-order valence-corrected chi connectivity index (χ2v) is 8.94. The molecule has 2 unspecified atom stereocenters. The summed E-state index contributed by atoms with van der Waals surface area (Å²) in [6.45, 7) is 2.28. The van der Waals surface area contributed by atoms with Gasteiger partial charge in [-0.3, -0.25) is 20.4 Å². The van der Waals surface area contributed by atoms with Crippen molar-refractivity contribution in [2.24, 2.45) is 0 Å². The first kappa shape index (κ1) is 23.6. The van der Waals surface area contributed by atoms with E-state index in [0.717, 1.165) is 12.8 Å². The third kappa shape index (κ3) is 6.49. The highest BCUT2D eigenvalue weighted by atomic mass is 32.2. The maximum Gasteiger partial charge on any atom is 0.279 e. The van der Waals surface area contributed by atoms with E-state index in [1.807, 2.05) is 0 Å². The van der Waals surface area contributed by atoms with E-state index in [2.05, 4.69) is 15.6 Å². The van der Waals surface area contributed by atoms with Gasteiger partial charge < -0.3 is 9.47 Å². The van der Waals surface area contributed by atoms with E-state index in [9.17, 15) is 22.4 Å². The Bertz CT molecular complexity index is 1040. The van der Waals surface area contributed by atoms with E-state index in [-0.39, 0.29) is 23.1 Å². The predicted octanol–water partition coefficient (Wildman–Crippen LogP) is 1.51. The van der Waals surface area contributed by atoms with E-state index in [1.165, 1.54) is 55.5 Å². The van der Waals surface area contributed by atoms with Crippen molar-refractivity contribution in [1.82, 2.24) is 15.6 Å². The Morgan fingerprint density at radius 2 is 1.81 bits per heavy atom. The van der Waals surface area contributed by atoms with Crippen molar-refractivity contribution in [3.8, 4) is 5.75 Å². The highest BCUT2D eigenvalue weighted by Gasteiger charge is 2.21. The van der Waals surface area contributed by atoms with Crippen LogP contribution < -0.4 is 20.3 Å². The molecule has 1 fully saturated rings. The Hall–Kier alpha value is -3.02. The monoisotopic (exact) mass is 465 g/mol. The number of hydrogen-bond donors (Lipinski definition) is 3. The summed E-state index contributed by atoms with van der Waals surface area (Å²) in [5.41, 5.74) is 4.61. The molecule has 3 N–H and O–H groups in total. The van der Waals surface area contributed by atoms with Crippen molar-refractivity contribution >= 4 is 21.8 Å². The summed E-state index contributed by atoms with van der Waals surface area (Å²) in [7, 11) is -3.73. The molecule has 32 heavy (non-hydrogen) atoms. The number of carbonyl (C=O) groups is 2. The first-order valence-electron chi connectivity index (χ1n) is 9.98. The maximum absolute atomic E-state index is 12.9. The minimum absolute atomic E-state index is 0.0115. The Morgan fingerprint density at radius 1 is 1.12 bits per heavy atom. The quantitative estimate of drug-likeness (QED) is 0.508. The van der Waals surface area contributed by atoms with Crippen molar-refractivity contribution < 1.29 is 31.9 Å². The summed E-state index contributed by atoms with van der Waals surface area (Å²) in [6, 6.07) is 10.4. The van der Waals surface area contributed by atoms with Crippen LogP contribution in [0.15, 0.2) is 53.4 Å². The minimum Gasteiger partial charge on any atom is -0.481 e. The molecule has 3 rings (SSSR count). The fraction of sp³-hybridized carbons (Fsp3) is 0.333. The highest BCUT2D eigenvalue weighted by Crippen LogP contribution is 2.15. The number of amides is 2. The molecule has 11 heteroatoms. The second kappa shape index (κ2) is 10.5. The topological polar surface area (TPSA) is 123 Å². The smallest absolute Gasteiger partial charge is 0.279 e. The molecule has 0 aromatic heterocycles. The Morgan fingerprint density at radius 3 is 2.44 bits per heavy atom. The summed E-state index contributed by atoms with van der Waals surface area (Å²) >= 11 is 0. The SMILES string of the molecule is CC(Oc1ccc(F)cc1)C(=O)NNC(=O)c1ccc(S(=O)(=O)NCC2CCCO2)cc1. The van der Waals surface area contributed by atoms with Gasteiger partial charge in [0.25, 0.3) is 11.8 Å². The van der Waals surface area contributed by atoms with Crippen LogP contribution in [0.25, 0.3) is 0 Å². The number of sulfonamides is 1. The lowest BCUT2D eigenvalue weighted by Crippen LogP contribution is -2.47. The van der Waals surface area contributed by atoms with Crippen LogP contribution in [0.4, 0.5) is 4.39 Å². The van der Waals surface area contributed by atoms with Crippen LogP contribution in [-0.4, -0.2) is 45.6 Å². The van der Waals surface area contributed by atoms with Crippen LogP contribution >= 0.6 is 0 Å². The molecule has 2 atom stereocenters. The Labute approximate surface area is 185 Å². The van der Waals surface area contributed by atoms with Crippen molar-refractivity contribution in [2.45, 2.75) is 36.9 Å². The average Bonchev–Trinajstić information content (AvgIpc) is 3.31. The Balaban J connectivity index is 1.49. The first-order chi connectivity index (χ1) is 15.2. The number of halogens is 1. The van der Waals surface area contributed by atoms with Gasteiger partial charge in [0.2, 0.25) is 10.0 Å². The summed E-state index contributed by atoms with van der Waals surface area (Å²) in [5, 5.41) is 0. The molecule has 1 aliphatic heterocycles. The fourth-order valence-corrected chi connectivity index (χ4v) is 4.01. The van der Waals surface area contributed by atoms with Crippen molar-refractivity contribution in [3.63, 3.8) is 0 Å². The zero-order valence-electron chi connectivity index (χ0n) is 17.3. The van der Waals surface area contributed by atoms with Crippen LogP contribution in [0.5, 0.6) is 5.75 Å². The predicted molar refractivity (Wildman–Crippen MR) is 113 cm³/mol. The van der Waals surface area contributed by atoms with E-state index in [4.69, 9.17) is 9.47 Å². The molecule has 2 aromatic rings. The molecular formula is C21H24FN3O6S. The third-order valence-corrected chi connectivity index (χ3v) is 6.19. The van der Waals surface area contributed by atoms with Gasteiger partial charge in [-0.15, -0.1) is 0 Å². The lowest BCUT2D eigenvalue weighted by molar-refractivity contribution is -0.128. The molecule has 9 nitrogen and oxygen atoms in total. The zero-order chi connectivity index (χ0) is 23.1. The highest BCUT2D eigenvalue weighted by molar-refractivity contribution is 7.89. The lowest BCUT2D eigenvalue weighted by atomic mass is 10.2. The molecule has 0 bridgehead atoms. The van der Waals surface area contributed by atoms with Crippen LogP contribution in [-0.2, 0) is 19.6 Å². The molecule has 2 aromatic carbocycles. The second-order valence-electron chi connectivity index (χ2n) is 7.17. The van der Waals surface area contributed by atoms with Crippen LogP contribution in [0.3, 0.4) is 0 Å². The summed E-state index contributed by atoms with van der Waals surface area (Å²) in [4.78, 5) is 24.3. The van der Waals surface area contributed by atoms with Gasteiger partial charge in [0.1, 0.15) is 11.6 Å². The van der Waals surface area contributed by atoms with Crippen molar-refractivity contribution in [2.75, 3.05) is 13.2 Å². The summed E-state index contributed by atoms with van der Waals surface area (Å²) in [5.74, 6) is -1.40. The molecule has 1 aliphatic rings. The number of carbonyl (C=O) groups excluding carboxylic acids is 2. The number of rotatable bonds is 8. The van der Waals surface area contributed by atoms with Gasteiger partial charge in [0, 0.05) is 18.7 Å². The largest absolute Gasteiger partial charge is 0.481 e. The van der Waals surface area contributed by atoms with Gasteiger partial charge in [-0.1, -0.05) is 0 Å². The number of hydrazine groups is 1. The van der Waals surface area contributed by atoms with Gasteiger partial charge in [0.15, 0.2) is 6.10 Å². The summed E-state index contributed by atoms with van der Waals surface area (Å²) < 4.78 is 50.9. The van der Waals surface area contributed by atoms with Gasteiger partial charge in [0.05, 0.1) is 11.0 Å². The molecule has 0 spiro atoms.